The number of ether oxygens (including phenoxy) is 1. The van der Waals surface area contributed by atoms with Crippen LogP contribution in [0.2, 0.25) is 5.15 Å². The molecule has 0 aliphatic rings. The minimum absolute atomic E-state index is 0.0457. The van der Waals surface area contributed by atoms with Gasteiger partial charge >= 0.3 is 0 Å². The molecule has 0 unspecified atom stereocenters. The SMILES string of the molecule is O=[N+]([O-])c1cccc(COc2cc(-c3nccnc3Cl)cs2)c1. The molecule has 0 fully saturated rings. The molecule has 0 bridgehead atoms. The molecule has 2 aromatic heterocycles. The Bertz CT molecular complexity index is 853. The van der Waals surface area contributed by atoms with Gasteiger partial charge in [-0.3, -0.25) is 15.1 Å². The lowest BCUT2D eigenvalue weighted by Crippen LogP contribution is -1.95. The Kier molecular flexibility index (Phi) is 4.50. The molecule has 0 atom stereocenters. The smallest absolute Gasteiger partial charge is 0.269 e. The predicted octanol–water partition coefficient (Wildman–Crippen LogP) is 4.35. The molecule has 3 rings (SSSR count). The van der Waals surface area contributed by atoms with E-state index in [0.29, 0.717) is 15.9 Å². The molecule has 1 aromatic carbocycles. The van der Waals surface area contributed by atoms with E-state index in [2.05, 4.69) is 9.97 Å². The number of halogens is 1. The fourth-order valence-corrected chi connectivity index (χ4v) is 2.90. The fraction of sp³-hybridized carbons (Fsp3) is 0.0667. The number of nitrogens with zero attached hydrogens (tertiary/aromatic N) is 3. The van der Waals surface area contributed by atoms with Crippen LogP contribution in [-0.2, 0) is 6.61 Å². The number of rotatable bonds is 5. The quantitative estimate of drug-likeness (QED) is 0.506. The van der Waals surface area contributed by atoms with E-state index in [1.165, 1.54) is 29.7 Å². The Labute approximate surface area is 140 Å². The van der Waals surface area contributed by atoms with Crippen molar-refractivity contribution in [2.75, 3.05) is 0 Å². The Morgan fingerprint density at radius 3 is 2.87 bits per heavy atom. The standard InChI is InChI=1S/C15H10ClN3O3S/c16-15-14(17-4-5-18-15)11-7-13(23-9-11)22-8-10-2-1-3-12(6-10)19(20)21/h1-7,9H,8H2. The van der Waals surface area contributed by atoms with Crippen LogP contribution in [0.15, 0.2) is 48.1 Å². The van der Waals surface area contributed by atoms with Crippen molar-refractivity contribution >= 4 is 28.6 Å². The number of thiophene rings is 1. The maximum atomic E-state index is 10.8. The van der Waals surface area contributed by atoms with Crippen LogP contribution >= 0.6 is 22.9 Å². The molecule has 0 spiro atoms. The van der Waals surface area contributed by atoms with Gasteiger partial charge in [0.1, 0.15) is 12.3 Å². The van der Waals surface area contributed by atoms with E-state index in [9.17, 15) is 10.1 Å². The summed E-state index contributed by atoms with van der Waals surface area (Å²) < 4.78 is 5.67. The van der Waals surface area contributed by atoms with Gasteiger partial charge in [-0.15, -0.1) is 11.3 Å². The first-order chi connectivity index (χ1) is 11.1. The minimum atomic E-state index is -0.428. The Morgan fingerprint density at radius 2 is 2.09 bits per heavy atom. The Hall–Kier alpha value is -2.51. The number of benzene rings is 1. The molecule has 8 heteroatoms. The van der Waals surface area contributed by atoms with E-state index < -0.39 is 4.92 Å². The molecule has 0 radical (unpaired) electrons. The average molecular weight is 348 g/mol. The molecule has 3 aromatic rings. The van der Waals surface area contributed by atoms with Gasteiger partial charge in [0.25, 0.3) is 5.69 Å². The van der Waals surface area contributed by atoms with Gasteiger partial charge in [-0.2, -0.15) is 0 Å². The van der Waals surface area contributed by atoms with Gasteiger partial charge in [-0.05, 0) is 5.56 Å². The summed E-state index contributed by atoms with van der Waals surface area (Å²) in [6.07, 6.45) is 3.10. The van der Waals surface area contributed by atoms with Crippen molar-refractivity contribution in [2.24, 2.45) is 0 Å². The summed E-state index contributed by atoms with van der Waals surface area (Å²) in [6.45, 7) is 0.246. The summed E-state index contributed by atoms with van der Waals surface area (Å²) in [5, 5.41) is 13.6. The van der Waals surface area contributed by atoms with E-state index in [-0.39, 0.29) is 12.3 Å². The van der Waals surface area contributed by atoms with Crippen molar-refractivity contribution in [3.05, 3.63) is 68.9 Å². The molecule has 116 valence electrons. The molecule has 0 amide bonds. The first-order valence-corrected chi connectivity index (χ1v) is 7.81. The number of hydrogen-bond donors (Lipinski definition) is 0. The second kappa shape index (κ2) is 6.72. The van der Waals surface area contributed by atoms with Crippen LogP contribution in [0.3, 0.4) is 0 Å². The van der Waals surface area contributed by atoms with Gasteiger partial charge in [-0.1, -0.05) is 23.7 Å². The Balaban J connectivity index is 1.72. The number of aromatic nitrogens is 2. The average Bonchev–Trinajstić information content (AvgIpc) is 3.02. The Morgan fingerprint density at radius 1 is 1.26 bits per heavy atom. The van der Waals surface area contributed by atoms with Crippen molar-refractivity contribution < 1.29 is 9.66 Å². The highest BCUT2D eigenvalue weighted by molar-refractivity contribution is 7.12. The van der Waals surface area contributed by atoms with Gasteiger partial charge < -0.3 is 4.74 Å². The third kappa shape index (κ3) is 3.64. The minimum Gasteiger partial charge on any atom is -0.479 e. The summed E-state index contributed by atoms with van der Waals surface area (Å²) in [4.78, 5) is 18.5. The lowest BCUT2D eigenvalue weighted by molar-refractivity contribution is -0.384. The number of nitro benzene ring substituents is 1. The molecule has 0 saturated carbocycles. The number of nitro groups is 1. The molecule has 23 heavy (non-hydrogen) atoms. The summed E-state index contributed by atoms with van der Waals surface area (Å²) >= 11 is 7.41. The van der Waals surface area contributed by atoms with Crippen LogP contribution in [0.25, 0.3) is 11.3 Å². The van der Waals surface area contributed by atoms with E-state index >= 15 is 0 Å². The highest BCUT2D eigenvalue weighted by atomic mass is 35.5. The zero-order chi connectivity index (χ0) is 16.2. The van der Waals surface area contributed by atoms with Gasteiger partial charge in [0.2, 0.25) is 0 Å². The van der Waals surface area contributed by atoms with E-state index in [4.69, 9.17) is 16.3 Å². The zero-order valence-electron chi connectivity index (χ0n) is 11.7. The van der Waals surface area contributed by atoms with Crippen LogP contribution in [0, 0.1) is 10.1 Å². The third-order valence-corrected chi connectivity index (χ3v) is 4.12. The largest absolute Gasteiger partial charge is 0.479 e. The van der Waals surface area contributed by atoms with Gasteiger partial charge in [0, 0.05) is 41.5 Å². The molecule has 0 N–H and O–H groups in total. The maximum absolute atomic E-state index is 10.8. The van der Waals surface area contributed by atoms with Crippen LogP contribution in [0.1, 0.15) is 5.56 Å². The fourth-order valence-electron chi connectivity index (χ4n) is 1.95. The lowest BCUT2D eigenvalue weighted by atomic mass is 10.2. The maximum Gasteiger partial charge on any atom is 0.269 e. The molecular formula is C15H10ClN3O3S. The van der Waals surface area contributed by atoms with Crippen molar-refractivity contribution in [3.63, 3.8) is 0 Å². The second-order valence-electron chi connectivity index (χ2n) is 4.57. The number of non-ortho nitro benzene ring substituents is 1. The second-order valence-corrected chi connectivity index (χ2v) is 5.80. The van der Waals surface area contributed by atoms with E-state index in [1.54, 1.807) is 18.3 Å². The van der Waals surface area contributed by atoms with Crippen molar-refractivity contribution in [1.29, 1.82) is 0 Å². The summed E-state index contributed by atoms with van der Waals surface area (Å²) in [5.41, 5.74) is 2.19. The molecule has 0 aliphatic heterocycles. The molecule has 0 saturated heterocycles. The topological polar surface area (TPSA) is 78.2 Å². The molecule has 6 nitrogen and oxygen atoms in total. The summed E-state index contributed by atoms with van der Waals surface area (Å²) in [7, 11) is 0. The predicted molar refractivity (Wildman–Crippen MR) is 87.8 cm³/mol. The molecular weight excluding hydrogens is 338 g/mol. The summed E-state index contributed by atoms with van der Waals surface area (Å²) in [5.74, 6) is 0. The van der Waals surface area contributed by atoms with Gasteiger partial charge in [0.15, 0.2) is 10.2 Å². The van der Waals surface area contributed by atoms with Crippen molar-refractivity contribution in [3.8, 4) is 16.3 Å². The highest BCUT2D eigenvalue weighted by Crippen LogP contribution is 2.32. The van der Waals surface area contributed by atoms with Crippen LogP contribution in [0.4, 0.5) is 5.69 Å². The van der Waals surface area contributed by atoms with Gasteiger partial charge in [-0.25, -0.2) is 4.98 Å². The van der Waals surface area contributed by atoms with Crippen molar-refractivity contribution in [2.45, 2.75) is 6.61 Å². The van der Waals surface area contributed by atoms with Crippen molar-refractivity contribution in [1.82, 2.24) is 9.97 Å². The third-order valence-electron chi connectivity index (χ3n) is 3.00. The summed E-state index contributed by atoms with van der Waals surface area (Å²) in [6, 6.07) is 8.17. The normalized spacial score (nSPS) is 10.5. The van der Waals surface area contributed by atoms with Gasteiger partial charge in [0.05, 0.1) is 4.92 Å². The lowest BCUT2D eigenvalue weighted by Gasteiger charge is -2.03. The zero-order valence-corrected chi connectivity index (χ0v) is 13.3. The van der Waals surface area contributed by atoms with Crippen LogP contribution in [0.5, 0.6) is 5.06 Å². The number of hydrogen-bond acceptors (Lipinski definition) is 6. The first-order valence-electron chi connectivity index (χ1n) is 6.55. The molecule has 0 aliphatic carbocycles. The first kappa shape index (κ1) is 15.4. The van der Waals surface area contributed by atoms with Crippen LogP contribution in [-0.4, -0.2) is 14.9 Å². The van der Waals surface area contributed by atoms with E-state index in [0.717, 1.165) is 11.1 Å². The highest BCUT2D eigenvalue weighted by Gasteiger charge is 2.10. The van der Waals surface area contributed by atoms with E-state index in [1.807, 2.05) is 11.4 Å². The monoisotopic (exact) mass is 347 g/mol. The molecule has 2 heterocycles. The van der Waals surface area contributed by atoms with Crippen LogP contribution < -0.4 is 4.74 Å².